The number of nitriles is 1. The second-order valence-electron chi connectivity index (χ2n) is 4.36. The first kappa shape index (κ1) is 15.0. The SMILES string of the molecule is CCCN(CC(=O)OCC)c1ccc(C)cc1C#N. The molecule has 0 radical (unpaired) electrons. The molecule has 0 bridgehead atoms. The molecule has 0 aliphatic rings. The highest BCUT2D eigenvalue weighted by molar-refractivity contribution is 5.77. The number of carbonyl (C=O) groups excluding carboxylic acids is 1. The number of ether oxygens (including phenoxy) is 1. The van der Waals surface area contributed by atoms with Crippen molar-refractivity contribution in [2.45, 2.75) is 27.2 Å². The van der Waals surface area contributed by atoms with Crippen LogP contribution in [0.1, 0.15) is 31.4 Å². The van der Waals surface area contributed by atoms with E-state index in [0.29, 0.717) is 12.2 Å². The van der Waals surface area contributed by atoms with Gasteiger partial charge in [-0.2, -0.15) is 5.26 Å². The Bertz CT molecular complexity index is 478. The lowest BCUT2D eigenvalue weighted by Gasteiger charge is -2.24. The third-order valence-electron chi connectivity index (χ3n) is 2.73. The van der Waals surface area contributed by atoms with Crippen LogP contribution in [0, 0.1) is 18.3 Å². The summed E-state index contributed by atoms with van der Waals surface area (Å²) >= 11 is 0. The van der Waals surface area contributed by atoms with Crippen LogP contribution in [0.5, 0.6) is 0 Å². The number of nitrogens with zero attached hydrogens (tertiary/aromatic N) is 2. The van der Waals surface area contributed by atoms with Gasteiger partial charge in [0, 0.05) is 6.54 Å². The molecule has 0 aliphatic carbocycles. The van der Waals surface area contributed by atoms with Gasteiger partial charge in [-0.1, -0.05) is 13.0 Å². The molecule has 0 heterocycles. The van der Waals surface area contributed by atoms with Crippen molar-refractivity contribution in [1.29, 1.82) is 5.26 Å². The zero-order valence-corrected chi connectivity index (χ0v) is 11.8. The Morgan fingerprint density at radius 3 is 2.74 bits per heavy atom. The van der Waals surface area contributed by atoms with Crippen LogP contribution < -0.4 is 4.90 Å². The van der Waals surface area contributed by atoms with Gasteiger partial charge in [0.2, 0.25) is 0 Å². The highest BCUT2D eigenvalue weighted by atomic mass is 16.5. The lowest BCUT2D eigenvalue weighted by atomic mass is 10.1. The molecule has 0 spiro atoms. The van der Waals surface area contributed by atoms with Crippen LogP contribution >= 0.6 is 0 Å². The lowest BCUT2D eigenvalue weighted by molar-refractivity contribution is -0.141. The van der Waals surface area contributed by atoms with Crippen molar-refractivity contribution >= 4 is 11.7 Å². The van der Waals surface area contributed by atoms with Crippen LogP contribution in [-0.2, 0) is 9.53 Å². The Kier molecular flexibility index (Phi) is 5.87. The summed E-state index contributed by atoms with van der Waals surface area (Å²) in [6.45, 7) is 7.04. The van der Waals surface area contributed by atoms with E-state index in [0.717, 1.165) is 24.2 Å². The first-order chi connectivity index (χ1) is 9.12. The van der Waals surface area contributed by atoms with E-state index in [4.69, 9.17) is 4.74 Å². The van der Waals surface area contributed by atoms with Gasteiger partial charge in [-0.25, -0.2) is 0 Å². The number of benzene rings is 1. The van der Waals surface area contributed by atoms with E-state index in [1.165, 1.54) is 0 Å². The van der Waals surface area contributed by atoms with E-state index in [9.17, 15) is 10.1 Å². The molecule has 1 aromatic rings. The average molecular weight is 260 g/mol. The van der Waals surface area contributed by atoms with Gasteiger partial charge >= 0.3 is 5.97 Å². The second-order valence-corrected chi connectivity index (χ2v) is 4.36. The maximum atomic E-state index is 11.6. The monoisotopic (exact) mass is 260 g/mol. The van der Waals surface area contributed by atoms with Crippen LogP contribution in [-0.4, -0.2) is 25.7 Å². The molecule has 1 rings (SSSR count). The number of esters is 1. The number of hydrogen-bond donors (Lipinski definition) is 0. The van der Waals surface area contributed by atoms with E-state index >= 15 is 0 Å². The van der Waals surface area contributed by atoms with E-state index in [1.807, 2.05) is 36.9 Å². The first-order valence-electron chi connectivity index (χ1n) is 6.53. The molecule has 4 nitrogen and oxygen atoms in total. The van der Waals surface area contributed by atoms with Crippen molar-refractivity contribution in [1.82, 2.24) is 0 Å². The van der Waals surface area contributed by atoms with Gasteiger partial charge in [-0.15, -0.1) is 0 Å². The molecule has 0 N–H and O–H groups in total. The zero-order valence-electron chi connectivity index (χ0n) is 11.8. The predicted molar refractivity (Wildman–Crippen MR) is 75.0 cm³/mol. The van der Waals surface area contributed by atoms with Crippen LogP contribution in [0.3, 0.4) is 0 Å². The topological polar surface area (TPSA) is 53.3 Å². The number of anilines is 1. The maximum Gasteiger partial charge on any atom is 0.325 e. The fourth-order valence-electron chi connectivity index (χ4n) is 1.93. The Morgan fingerprint density at radius 1 is 1.42 bits per heavy atom. The summed E-state index contributed by atoms with van der Waals surface area (Å²) in [5.41, 5.74) is 2.42. The molecule has 0 saturated carbocycles. The minimum atomic E-state index is -0.264. The van der Waals surface area contributed by atoms with Gasteiger partial charge in [0.15, 0.2) is 0 Å². The standard InChI is InChI=1S/C15H20N2O2/c1-4-8-17(11-15(18)19-5-2)14-7-6-12(3)9-13(14)10-16/h6-7,9H,4-5,8,11H2,1-3H3. The molecule has 4 heteroatoms. The van der Waals surface area contributed by atoms with Gasteiger partial charge in [0.25, 0.3) is 0 Å². The molecule has 0 atom stereocenters. The smallest absolute Gasteiger partial charge is 0.325 e. The van der Waals surface area contributed by atoms with Crippen LogP contribution in [0.15, 0.2) is 18.2 Å². The average Bonchev–Trinajstić information content (AvgIpc) is 2.38. The summed E-state index contributed by atoms with van der Waals surface area (Å²) in [7, 11) is 0. The van der Waals surface area contributed by atoms with E-state index in [2.05, 4.69) is 6.07 Å². The fraction of sp³-hybridized carbons (Fsp3) is 0.467. The van der Waals surface area contributed by atoms with E-state index in [1.54, 1.807) is 6.92 Å². The highest BCUT2D eigenvalue weighted by Crippen LogP contribution is 2.21. The normalized spacial score (nSPS) is 9.79. The summed E-state index contributed by atoms with van der Waals surface area (Å²) in [6, 6.07) is 7.86. The van der Waals surface area contributed by atoms with Crippen molar-refractivity contribution in [2.24, 2.45) is 0 Å². The molecule has 0 amide bonds. The minimum absolute atomic E-state index is 0.180. The quantitative estimate of drug-likeness (QED) is 0.738. The molecule has 102 valence electrons. The van der Waals surface area contributed by atoms with Crippen molar-refractivity contribution in [3.8, 4) is 6.07 Å². The Morgan fingerprint density at radius 2 is 2.16 bits per heavy atom. The molecule has 0 fully saturated rings. The van der Waals surface area contributed by atoms with Crippen molar-refractivity contribution < 1.29 is 9.53 Å². The Hall–Kier alpha value is -2.02. The maximum absolute atomic E-state index is 11.6. The summed E-state index contributed by atoms with van der Waals surface area (Å²) in [6.07, 6.45) is 0.901. The number of rotatable bonds is 6. The van der Waals surface area contributed by atoms with E-state index < -0.39 is 0 Å². The van der Waals surface area contributed by atoms with Crippen LogP contribution in [0.25, 0.3) is 0 Å². The predicted octanol–water partition coefficient (Wildman–Crippen LogP) is 2.65. The summed E-state index contributed by atoms with van der Waals surface area (Å²) in [5, 5.41) is 9.20. The highest BCUT2D eigenvalue weighted by Gasteiger charge is 2.15. The number of carbonyl (C=O) groups is 1. The number of hydrogen-bond acceptors (Lipinski definition) is 4. The molecule has 19 heavy (non-hydrogen) atoms. The zero-order chi connectivity index (χ0) is 14.3. The summed E-state index contributed by atoms with van der Waals surface area (Å²) in [4.78, 5) is 13.5. The Labute approximate surface area is 114 Å². The van der Waals surface area contributed by atoms with Crippen LogP contribution in [0.2, 0.25) is 0 Å². The molecular formula is C15H20N2O2. The van der Waals surface area contributed by atoms with Crippen molar-refractivity contribution in [3.63, 3.8) is 0 Å². The molecule has 0 aliphatic heterocycles. The molecular weight excluding hydrogens is 240 g/mol. The van der Waals surface area contributed by atoms with Crippen LogP contribution in [0.4, 0.5) is 5.69 Å². The second kappa shape index (κ2) is 7.42. The fourth-order valence-corrected chi connectivity index (χ4v) is 1.93. The molecule has 0 aromatic heterocycles. The van der Waals surface area contributed by atoms with Gasteiger partial charge in [-0.05, 0) is 38.0 Å². The first-order valence-corrected chi connectivity index (χ1v) is 6.53. The lowest BCUT2D eigenvalue weighted by Crippen LogP contribution is -2.32. The number of aryl methyl sites for hydroxylation is 1. The molecule has 0 saturated heterocycles. The van der Waals surface area contributed by atoms with Crippen molar-refractivity contribution in [3.05, 3.63) is 29.3 Å². The summed E-state index contributed by atoms with van der Waals surface area (Å²) < 4.78 is 4.97. The third kappa shape index (κ3) is 4.29. The van der Waals surface area contributed by atoms with Crippen molar-refractivity contribution in [2.75, 3.05) is 24.6 Å². The van der Waals surface area contributed by atoms with Gasteiger partial charge in [-0.3, -0.25) is 4.79 Å². The summed E-state index contributed by atoms with van der Waals surface area (Å²) in [5.74, 6) is -0.264. The molecule has 1 aromatic carbocycles. The Balaban J connectivity index is 2.99. The largest absolute Gasteiger partial charge is 0.465 e. The minimum Gasteiger partial charge on any atom is -0.465 e. The van der Waals surface area contributed by atoms with Gasteiger partial charge < -0.3 is 9.64 Å². The molecule has 0 unspecified atom stereocenters. The van der Waals surface area contributed by atoms with Gasteiger partial charge in [0.05, 0.1) is 17.9 Å². The third-order valence-corrected chi connectivity index (χ3v) is 2.73. The van der Waals surface area contributed by atoms with E-state index in [-0.39, 0.29) is 12.5 Å². The van der Waals surface area contributed by atoms with Gasteiger partial charge in [0.1, 0.15) is 12.6 Å².